The van der Waals surface area contributed by atoms with Gasteiger partial charge in [0.05, 0.1) is 0 Å². The molecule has 0 radical (unpaired) electrons. The molecule has 1 aromatic rings. The highest BCUT2D eigenvalue weighted by molar-refractivity contribution is 5.38. The number of phenols is 1. The standard InChI is InChI=1S/C10H13F2NO2/c1-10(5-13,15-2)7-3-6(11)4-8(12)9(7)14/h3-4,14H,5,13H2,1-2H3. The number of hydrogen-bond donors (Lipinski definition) is 2. The van der Waals surface area contributed by atoms with Gasteiger partial charge in [0, 0.05) is 25.3 Å². The van der Waals surface area contributed by atoms with Crippen molar-refractivity contribution in [3.8, 4) is 5.75 Å². The average Bonchev–Trinajstić information content (AvgIpc) is 2.22. The number of halogens is 2. The molecule has 1 rings (SSSR count). The van der Waals surface area contributed by atoms with E-state index in [1.807, 2.05) is 0 Å². The number of aromatic hydroxyl groups is 1. The summed E-state index contributed by atoms with van der Waals surface area (Å²) >= 11 is 0. The van der Waals surface area contributed by atoms with E-state index in [1.165, 1.54) is 7.11 Å². The quantitative estimate of drug-likeness (QED) is 0.806. The van der Waals surface area contributed by atoms with Crippen LogP contribution in [-0.4, -0.2) is 18.8 Å². The minimum absolute atomic E-state index is 0.0000463. The molecule has 0 aliphatic heterocycles. The van der Waals surface area contributed by atoms with Gasteiger partial charge in [-0.05, 0) is 13.0 Å². The molecule has 84 valence electrons. The van der Waals surface area contributed by atoms with Gasteiger partial charge in [0.15, 0.2) is 11.6 Å². The third kappa shape index (κ3) is 2.08. The second kappa shape index (κ2) is 4.12. The van der Waals surface area contributed by atoms with E-state index in [0.717, 1.165) is 6.07 Å². The van der Waals surface area contributed by atoms with Crippen molar-refractivity contribution in [2.24, 2.45) is 5.73 Å². The largest absolute Gasteiger partial charge is 0.505 e. The fourth-order valence-electron chi connectivity index (χ4n) is 1.27. The predicted octanol–water partition coefficient (Wildman–Crippen LogP) is 1.49. The minimum Gasteiger partial charge on any atom is -0.505 e. The Morgan fingerprint density at radius 1 is 1.47 bits per heavy atom. The van der Waals surface area contributed by atoms with Crippen LogP contribution in [0.5, 0.6) is 5.75 Å². The third-order valence-electron chi connectivity index (χ3n) is 2.44. The molecule has 0 aromatic heterocycles. The van der Waals surface area contributed by atoms with Gasteiger partial charge in [-0.2, -0.15) is 0 Å². The van der Waals surface area contributed by atoms with Gasteiger partial charge < -0.3 is 15.6 Å². The van der Waals surface area contributed by atoms with Gasteiger partial charge in [0.25, 0.3) is 0 Å². The maximum absolute atomic E-state index is 13.1. The summed E-state index contributed by atoms with van der Waals surface area (Å²) in [4.78, 5) is 0. The van der Waals surface area contributed by atoms with Crippen LogP contribution < -0.4 is 5.73 Å². The molecule has 1 atom stereocenters. The summed E-state index contributed by atoms with van der Waals surface area (Å²) in [6, 6.07) is 1.61. The zero-order valence-electron chi connectivity index (χ0n) is 8.55. The van der Waals surface area contributed by atoms with Gasteiger partial charge in [0.1, 0.15) is 11.4 Å². The first kappa shape index (κ1) is 11.9. The molecule has 0 bridgehead atoms. The van der Waals surface area contributed by atoms with Crippen LogP contribution in [0.4, 0.5) is 8.78 Å². The second-order valence-electron chi connectivity index (χ2n) is 3.42. The third-order valence-corrected chi connectivity index (χ3v) is 2.44. The highest BCUT2D eigenvalue weighted by atomic mass is 19.1. The van der Waals surface area contributed by atoms with Crippen LogP contribution in [0.2, 0.25) is 0 Å². The lowest BCUT2D eigenvalue weighted by Crippen LogP contribution is -2.34. The highest BCUT2D eigenvalue weighted by Crippen LogP contribution is 2.33. The molecular weight excluding hydrogens is 204 g/mol. The van der Waals surface area contributed by atoms with Crippen LogP contribution in [0.15, 0.2) is 12.1 Å². The molecule has 3 N–H and O–H groups in total. The molecule has 5 heteroatoms. The molecule has 0 saturated heterocycles. The van der Waals surface area contributed by atoms with Gasteiger partial charge in [-0.15, -0.1) is 0 Å². The Morgan fingerprint density at radius 3 is 2.53 bits per heavy atom. The molecule has 0 spiro atoms. The summed E-state index contributed by atoms with van der Waals surface area (Å²) < 4.78 is 31.1. The van der Waals surface area contributed by atoms with E-state index in [1.54, 1.807) is 6.92 Å². The van der Waals surface area contributed by atoms with Gasteiger partial charge in [-0.25, -0.2) is 8.78 Å². The smallest absolute Gasteiger partial charge is 0.168 e. The molecule has 15 heavy (non-hydrogen) atoms. The van der Waals surface area contributed by atoms with Crippen LogP contribution in [-0.2, 0) is 10.3 Å². The number of nitrogens with two attached hydrogens (primary N) is 1. The molecule has 0 aliphatic rings. The van der Waals surface area contributed by atoms with E-state index < -0.39 is 23.0 Å². The Hall–Kier alpha value is -1.20. The Morgan fingerprint density at radius 2 is 2.07 bits per heavy atom. The number of ether oxygens (including phenoxy) is 1. The molecule has 0 aliphatic carbocycles. The highest BCUT2D eigenvalue weighted by Gasteiger charge is 2.29. The van der Waals surface area contributed by atoms with Crippen molar-refractivity contribution >= 4 is 0 Å². The lowest BCUT2D eigenvalue weighted by molar-refractivity contribution is 0.00759. The monoisotopic (exact) mass is 217 g/mol. The second-order valence-corrected chi connectivity index (χ2v) is 3.42. The SMILES string of the molecule is COC(C)(CN)c1cc(F)cc(F)c1O. The number of rotatable bonds is 3. The van der Waals surface area contributed by atoms with Gasteiger partial charge in [-0.3, -0.25) is 0 Å². The van der Waals surface area contributed by atoms with Crippen molar-refractivity contribution in [1.29, 1.82) is 0 Å². The van der Waals surface area contributed by atoms with E-state index in [2.05, 4.69) is 0 Å². The first-order valence-electron chi connectivity index (χ1n) is 4.38. The van der Waals surface area contributed by atoms with E-state index in [9.17, 15) is 13.9 Å². The summed E-state index contributed by atoms with van der Waals surface area (Å²) in [7, 11) is 1.36. The molecule has 0 saturated carbocycles. The first-order chi connectivity index (χ1) is 6.94. The Labute approximate surface area is 86.5 Å². The average molecular weight is 217 g/mol. The zero-order valence-corrected chi connectivity index (χ0v) is 8.55. The molecular formula is C10H13F2NO2. The van der Waals surface area contributed by atoms with Crippen LogP contribution in [0.1, 0.15) is 12.5 Å². The normalized spacial score (nSPS) is 15.0. The van der Waals surface area contributed by atoms with E-state index in [0.29, 0.717) is 6.07 Å². The van der Waals surface area contributed by atoms with Crippen molar-refractivity contribution in [3.63, 3.8) is 0 Å². The zero-order chi connectivity index (χ0) is 11.6. The van der Waals surface area contributed by atoms with Gasteiger partial charge >= 0.3 is 0 Å². The lowest BCUT2D eigenvalue weighted by Gasteiger charge is -2.27. The summed E-state index contributed by atoms with van der Waals surface area (Å²) in [6.45, 7) is 1.54. The number of hydrogen-bond acceptors (Lipinski definition) is 3. The van der Waals surface area contributed by atoms with Crippen molar-refractivity contribution in [2.45, 2.75) is 12.5 Å². The minimum atomic E-state index is -1.10. The molecule has 3 nitrogen and oxygen atoms in total. The van der Waals surface area contributed by atoms with E-state index in [-0.39, 0.29) is 12.1 Å². The maximum Gasteiger partial charge on any atom is 0.168 e. The van der Waals surface area contributed by atoms with Gasteiger partial charge in [0.2, 0.25) is 0 Å². The van der Waals surface area contributed by atoms with Crippen molar-refractivity contribution in [3.05, 3.63) is 29.3 Å². The van der Waals surface area contributed by atoms with Gasteiger partial charge in [-0.1, -0.05) is 0 Å². The summed E-state index contributed by atoms with van der Waals surface area (Å²) in [5.74, 6) is -2.44. The number of benzene rings is 1. The molecule has 1 aromatic carbocycles. The van der Waals surface area contributed by atoms with Crippen molar-refractivity contribution in [2.75, 3.05) is 13.7 Å². The molecule has 0 fully saturated rings. The molecule has 1 unspecified atom stereocenters. The molecule has 0 heterocycles. The van der Waals surface area contributed by atoms with Crippen LogP contribution >= 0.6 is 0 Å². The van der Waals surface area contributed by atoms with Crippen LogP contribution in [0, 0.1) is 11.6 Å². The fourth-order valence-corrected chi connectivity index (χ4v) is 1.27. The van der Waals surface area contributed by atoms with Crippen molar-refractivity contribution < 1.29 is 18.6 Å². The Kier molecular flexibility index (Phi) is 3.26. The molecule has 0 amide bonds. The summed E-state index contributed by atoms with van der Waals surface area (Å²) in [5.41, 5.74) is 4.34. The first-order valence-corrected chi connectivity index (χ1v) is 4.38. The summed E-state index contributed by atoms with van der Waals surface area (Å²) in [5, 5.41) is 9.44. The Balaban J connectivity index is 3.35. The fraction of sp³-hybridized carbons (Fsp3) is 0.400. The van der Waals surface area contributed by atoms with Crippen molar-refractivity contribution in [1.82, 2.24) is 0 Å². The van der Waals surface area contributed by atoms with E-state index >= 15 is 0 Å². The maximum atomic E-state index is 13.1. The number of phenolic OH excluding ortho intramolecular Hbond substituents is 1. The van der Waals surface area contributed by atoms with Crippen LogP contribution in [0.25, 0.3) is 0 Å². The van der Waals surface area contributed by atoms with Crippen LogP contribution in [0.3, 0.4) is 0 Å². The topological polar surface area (TPSA) is 55.5 Å². The number of methoxy groups -OCH3 is 1. The Bertz CT molecular complexity index is 365. The predicted molar refractivity (Wildman–Crippen MR) is 51.4 cm³/mol. The summed E-state index contributed by atoms with van der Waals surface area (Å²) in [6.07, 6.45) is 0. The lowest BCUT2D eigenvalue weighted by atomic mass is 9.94. The van der Waals surface area contributed by atoms with E-state index in [4.69, 9.17) is 10.5 Å².